The predicted molar refractivity (Wildman–Crippen MR) is 71.7 cm³/mol. The highest BCUT2D eigenvalue weighted by atomic mass is 19.1. The number of morpholine rings is 1. The highest BCUT2D eigenvalue weighted by Gasteiger charge is 2.35. The van der Waals surface area contributed by atoms with E-state index in [0.717, 1.165) is 12.8 Å². The molecule has 1 aromatic carbocycles. The summed E-state index contributed by atoms with van der Waals surface area (Å²) in [4.78, 5) is 2.12. The van der Waals surface area contributed by atoms with Gasteiger partial charge in [0, 0.05) is 12.1 Å². The number of nitrogens with zero attached hydrogens (tertiary/aromatic N) is 1. The first kappa shape index (κ1) is 12.9. The van der Waals surface area contributed by atoms with Gasteiger partial charge in [0.05, 0.1) is 31.0 Å². The quantitative estimate of drug-likeness (QED) is 0.891. The van der Waals surface area contributed by atoms with E-state index in [9.17, 15) is 9.50 Å². The number of anilines is 1. The summed E-state index contributed by atoms with van der Waals surface area (Å²) in [7, 11) is 0. The molecular weight excluding hydrogens is 245 g/mol. The molecule has 104 valence electrons. The van der Waals surface area contributed by atoms with Gasteiger partial charge in [-0.3, -0.25) is 0 Å². The van der Waals surface area contributed by atoms with Crippen molar-refractivity contribution in [3.05, 3.63) is 29.6 Å². The number of aliphatic hydroxyl groups is 1. The number of hydrogen-bond acceptors (Lipinski definition) is 3. The lowest BCUT2D eigenvalue weighted by atomic mass is 9.89. The molecule has 1 saturated heterocycles. The fourth-order valence-corrected chi connectivity index (χ4v) is 3.38. The van der Waals surface area contributed by atoms with E-state index < -0.39 is 0 Å². The van der Waals surface area contributed by atoms with E-state index >= 15 is 0 Å². The summed E-state index contributed by atoms with van der Waals surface area (Å²) < 4.78 is 20.0. The molecule has 1 heterocycles. The van der Waals surface area contributed by atoms with Crippen LogP contribution >= 0.6 is 0 Å². The third-order valence-corrected chi connectivity index (χ3v) is 4.26. The maximum atomic E-state index is 14.2. The van der Waals surface area contributed by atoms with Crippen LogP contribution in [0.15, 0.2) is 18.2 Å². The molecule has 0 bridgehead atoms. The molecule has 1 saturated carbocycles. The van der Waals surface area contributed by atoms with Crippen molar-refractivity contribution in [2.24, 2.45) is 0 Å². The molecule has 3 nitrogen and oxygen atoms in total. The summed E-state index contributed by atoms with van der Waals surface area (Å²) in [6.45, 7) is 1.22. The van der Waals surface area contributed by atoms with E-state index in [1.807, 2.05) is 0 Å². The van der Waals surface area contributed by atoms with Crippen molar-refractivity contribution in [2.45, 2.75) is 44.4 Å². The molecule has 2 unspecified atom stereocenters. The van der Waals surface area contributed by atoms with Crippen LogP contribution in [-0.4, -0.2) is 30.4 Å². The Hall–Kier alpha value is -1.13. The second kappa shape index (κ2) is 5.47. The Morgan fingerprint density at radius 2 is 2.16 bits per heavy atom. The van der Waals surface area contributed by atoms with E-state index in [2.05, 4.69) is 4.90 Å². The number of ether oxygens (including phenoxy) is 1. The Labute approximate surface area is 113 Å². The monoisotopic (exact) mass is 265 g/mol. The maximum Gasteiger partial charge on any atom is 0.146 e. The minimum atomic E-state index is -0.238. The zero-order chi connectivity index (χ0) is 13.2. The van der Waals surface area contributed by atoms with Crippen molar-refractivity contribution in [3.63, 3.8) is 0 Å². The van der Waals surface area contributed by atoms with Crippen LogP contribution in [0.5, 0.6) is 0 Å². The van der Waals surface area contributed by atoms with Crippen molar-refractivity contribution < 1.29 is 14.2 Å². The van der Waals surface area contributed by atoms with Gasteiger partial charge in [-0.15, -0.1) is 0 Å². The average molecular weight is 265 g/mol. The van der Waals surface area contributed by atoms with Gasteiger partial charge < -0.3 is 14.7 Å². The molecule has 2 fully saturated rings. The van der Waals surface area contributed by atoms with Gasteiger partial charge in [-0.1, -0.05) is 25.0 Å². The fraction of sp³-hybridized carbons (Fsp3) is 0.600. The van der Waals surface area contributed by atoms with Gasteiger partial charge in [-0.05, 0) is 18.9 Å². The lowest BCUT2D eigenvalue weighted by molar-refractivity contribution is -0.00904. The first-order valence-corrected chi connectivity index (χ1v) is 7.08. The third-order valence-electron chi connectivity index (χ3n) is 4.26. The molecule has 0 aromatic heterocycles. The zero-order valence-electron chi connectivity index (χ0n) is 11.0. The van der Waals surface area contributed by atoms with Crippen LogP contribution in [0.4, 0.5) is 10.1 Å². The van der Waals surface area contributed by atoms with Crippen LogP contribution in [-0.2, 0) is 11.3 Å². The van der Waals surface area contributed by atoms with Gasteiger partial charge in [-0.2, -0.15) is 0 Å². The molecule has 2 aliphatic rings. The molecule has 0 spiro atoms. The highest BCUT2D eigenvalue weighted by molar-refractivity contribution is 5.56. The highest BCUT2D eigenvalue weighted by Crippen LogP contribution is 2.35. The topological polar surface area (TPSA) is 32.7 Å². The largest absolute Gasteiger partial charge is 0.392 e. The molecule has 0 amide bonds. The third kappa shape index (κ3) is 2.35. The van der Waals surface area contributed by atoms with Crippen LogP contribution in [0.25, 0.3) is 0 Å². The standard InChI is InChI=1S/C15H20FNO2/c16-12-5-3-4-11(10-18)15(12)17-8-9-19-14-7-2-1-6-13(14)17/h3-5,13-14,18H,1-2,6-10H2. The van der Waals surface area contributed by atoms with Gasteiger partial charge >= 0.3 is 0 Å². The second-order valence-corrected chi connectivity index (χ2v) is 5.36. The fourth-order valence-electron chi connectivity index (χ4n) is 3.38. The first-order valence-electron chi connectivity index (χ1n) is 7.08. The SMILES string of the molecule is OCc1cccc(F)c1N1CCOC2CCCCC21. The van der Waals surface area contributed by atoms with Crippen molar-refractivity contribution in [1.82, 2.24) is 0 Å². The lowest BCUT2D eigenvalue weighted by Gasteiger charge is -2.45. The summed E-state index contributed by atoms with van der Waals surface area (Å²) in [5.41, 5.74) is 1.25. The molecule has 1 N–H and O–H groups in total. The Morgan fingerprint density at radius 3 is 3.00 bits per heavy atom. The molecule has 3 rings (SSSR count). The molecule has 4 heteroatoms. The molecule has 19 heavy (non-hydrogen) atoms. The Balaban J connectivity index is 1.96. The number of benzene rings is 1. The lowest BCUT2D eigenvalue weighted by Crippen LogP contribution is -2.53. The van der Waals surface area contributed by atoms with E-state index in [1.54, 1.807) is 12.1 Å². The number of halogens is 1. The number of para-hydroxylation sites is 1. The summed E-state index contributed by atoms with van der Waals surface area (Å²) in [6.07, 6.45) is 4.69. The van der Waals surface area contributed by atoms with E-state index in [0.29, 0.717) is 24.4 Å². The van der Waals surface area contributed by atoms with E-state index in [1.165, 1.54) is 18.9 Å². The zero-order valence-corrected chi connectivity index (χ0v) is 11.0. The molecule has 1 aromatic rings. The maximum absolute atomic E-state index is 14.2. The Morgan fingerprint density at radius 1 is 1.32 bits per heavy atom. The first-order chi connectivity index (χ1) is 9.31. The minimum Gasteiger partial charge on any atom is -0.392 e. The normalized spacial score (nSPS) is 27.2. The van der Waals surface area contributed by atoms with Gasteiger partial charge in [-0.25, -0.2) is 4.39 Å². The summed E-state index contributed by atoms with van der Waals surface area (Å²) in [5, 5.41) is 9.44. The van der Waals surface area contributed by atoms with Crippen LogP contribution < -0.4 is 4.90 Å². The van der Waals surface area contributed by atoms with Gasteiger partial charge in [0.1, 0.15) is 5.82 Å². The average Bonchev–Trinajstić information content (AvgIpc) is 2.46. The molecule has 2 atom stereocenters. The predicted octanol–water partition coefficient (Wildman–Crippen LogP) is 2.47. The van der Waals surface area contributed by atoms with Crippen molar-refractivity contribution in [1.29, 1.82) is 0 Å². The molecule has 1 aliphatic carbocycles. The van der Waals surface area contributed by atoms with Crippen molar-refractivity contribution >= 4 is 5.69 Å². The smallest absolute Gasteiger partial charge is 0.146 e. The van der Waals surface area contributed by atoms with E-state index in [4.69, 9.17) is 4.74 Å². The number of hydrogen-bond donors (Lipinski definition) is 1. The Bertz CT molecular complexity index is 450. The second-order valence-electron chi connectivity index (χ2n) is 5.36. The van der Waals surface area contributed by atoms with Crippen molar-refractivity contribution in [3.8, 4) is 0 Å². The molecule has 1 aliphatic heterocycles. The van der Waals surface area contributed by atoms with Gasteiger partial charge in [0.15, 0.2) is 0 Å². The Kier molecular flexibility index (Phi) is 3.71. The van der Waals surface area contributed by atoms with Crippen LogP contribution in [0.2, 0.25) is 0 Å². The number of fused-ring (bicyclic) bond motifs is 1. The molecular formula is C15H20FNO2. The van der Waals surface area contributed by atoms with Crippen LogP contribution in [0.3, 0.4) is 0 Å². The van der Waals surface area contributed by atoms with Crippen molar-refractivity contribution in [2.75, 3.05) is 18.1 Å². The molecule has 0 radical (unpaired) electrons. The van der Waals surface area contributed by atoms with Crippen LogP contribution in [0, 0.1) is 5.82 Å². The van der Waals surface area contributed by atoms with Gasteiger partial charge in [0.25, 0.3) is 0 Å². The summed E-state index contributed by atoms with van der Waals surface area (Å²) >= 11 is 0. The number of rotatable bonds is 2. The van der Waals surface area contributed by atoms with Gasteiger partial charge in [0.2, 0.25) is 0 Å². The number of aliphatic hydroxyl groups excluding tert-OH is 1. The summed E-state index contributed by atoms with van der Waals surface area (Å²) in [6, 6.07) is 5.18. The van der Waals surface area contributed by atoms with Crippen LogP contribution in [0.1, 0.15) is 31.2 Å². The minimum absolute atomic E-state index is 0.123. The summed E-state index contributed by atoms with van der Waals surface area (Å²) in [5.74, 6) is -0.238. The van der Waals surface area contributed by atoms with E-state index in [-0.39, 0.29) is 24.6 Å².